The summed E-state index contributed by atoms with van der Waals surface area (Å²) < 4.78 is 27.6. The van der Waals surface area contributed by atoms with E-state index in [0.29, 0.717) is 18.0 Å². The van der Waals surface area contributed by atoms with Crippen molar-refractivity contribution in [3.8, 4) is 0 Å². The number of piperazine rings is 1. The summed E-state index contributed by atoms with van der Waals surface area (Å²) in [6.45, 7) is 5.62. The van der Waals surface area contributed by atoms with Crippen molar-refractivity contribution in [3.63, 3.8) is 0 Å². The molecule has 2 aliphatic heterocycles. The minimum absolute atomic E-state index is 0.259. The van der Waals surface area contributed by atoms with Crippen LogP contribution in [0.15, 0.2) is 23.1 Å². The average molecular weight is 309 g/mol. The predicted molar refractivity (Wildman–Crippen MR) is 82.7 cm³/mol. The quantitative estimate of drug-likeness (QED) is 0.872. The van der Waals surface area contributed by atoms with Gasteiger partial charge in [-0.2, -0.15) is 4.31 Å². The van der Waals surface area contributed by atoms with Gasteiger partial charge in [-0.3, -0.25) is 0 Å². The van der Waals surface area contributed by atoms with Crippen LogP contribution in [0.5, 0.6) is 0 Å². The fraction of sp³-hybridized carbons (Fsp3) is 0.600. The first-order valence-corrected chi connectivity index (χ1v) is 8.96. The lowest BCUT2D eigenvalue weighted by molar-refractivity contribution is 0.159. The first-order valence-electron chi connectivity index (χ1n) is 7.52. The lowest BCUT2D eigenvalue weighted by Gasteiger charge is -2.37. The Morgan fingerprint density at radius 3 is 2.86 bits per heavy atom. The molecule has 0 aromatic heterocycles. The predicted octanol–water partition coefficient (Wildman–Crippen LogP) is 0.657. The molecule has 0 aliphatic carbocycles. The van der Waals surface area contributed by atoms with E-state index in [0.717, 1.165) is 37.2 Å². The Kier molecular flexibility index (Phi) is 4.05. The first-order chi connectivity index (χ1) is 10.00. The van der Waals surface area contributed by atoms with E-state index >= 15 is 0 Å². The van der Waals surface area contributed by atoms with E-state index in [-0.39, 0.29) is 6.04 Å². The number of sulfonamides is 1. The standard InChI is InChI=1S/C15H23N3O2S/c1-12-11-18(9-8-17(12)2)21(19,20)15-5-3-4-13-10-16-7-6-14(13)15/h3-5,12,16H,6-11H2,1-2H3. The second-order valence-corrected chi connectivity index (χ2v) is 7.92. The van der Waals surface area contributed by atoms with Crippen LogP contribution in [0.4, 0.5) is 0 Å². The van der Waals surface area contributed by atoms with Crippen molar-refractivity contribution in [2.75, 3.05) is 33.2 Å². The molecule has 1 aromatic carbocycles. The van der Waals surface area contributed by atoms with Crippen molar-refractivity contribution in [1.29, 1.82) is 0 Å². The van der Waals surface area contributed by atoms with Gasteiger partial charge in [0.2, 0.25) is 10.0 Å². The van der Waals surface area contributed by atoms with Gasteiger partial charge in [0.25, 0.3) is 0 Å². The highest BCUT2D eigenvalue weighted by Gasteiger charge is 2.32. The van der Waals surface area contributed by atoms with E-state index in [4.69, 9.17) is 0 Å². The van der Waals surface area contributed by atoms with Crippen molar-refractivity contribution >= 4 is 10.0 Å². The molecule has 0 radical (unpaired) electrons. The summed E-state index contributed by atoms with van der Waals surface area (Å²) in [5.74, 6) is 0. The molecule has 1 saturated heterocycles. The van der Waals surface area contributed by atoms with E-state index in [1.165, 1.54) is 0 Å². The Balaban J connectivity index is 1.96. The molecule has 116 valence electrons. The zero-order valence-corrected chi connectivity index (χ0v) is 13.5. The Hall–Kier alpha value is -0.950. The number of benzene rings is 1. The molecular weight excluding hydrogens is 286 g/mol. The third-order valence-corrected chi connectivity index (χ3v) is 6.59. The van der Waals surface area contributed by atoms with E-state index in [9.17, 15) is 8.42 Å². The maximum absolute atomic E-state index is 13.0. The molecule has 21 heavy (non-hydrogen) atoms. The van der Waals surface area contributed by atoms with Gasteiger partial charge in [-0.05, 0) is 44.1 Å². The van der Waals surface area contributed by atoms with Crippen molar-refractivity contribution in [3.05, 3.63) is 29.3 Å². The van der Waals surface area contributed by atoms with Gasteiger partial charge < -0.3 is 10.2 Å². The maximum Gasteiger partial charge on any atom is 0.243 e. The fourth-order valence-electron chi connectivity index (χ4n) is 3.11. The summed E-state index contributed by atoms with van der Waals surface area (Å²) in [7, 11) is -1.33. The average Bonchev–Trinajstić information content (AvgIpc) is 2.49. The third-order valence-electron chi connectivity index (χ3n) is 4.64. The Morgan fingerprint density at radius 2 is 2.10 bits per heavy atom. The zero-order chi connectivity index (χ0) is 15.0. The topological polar surface area (TPSA) is 52.7 Å². The van der Waals surface area contributed by atoms with E-state index < -0.39 is 10.0 Å². The van der Waals surface area contributed by atoms with Crippen LogP contribution in [-0.4, -0.2) is 56.9 Å². The second kappa shape index (κ2) is 5.68. The molecule has 0 amide bonds. The summed E-state index contributed by atoms with van der Waals surface area (Å²) in [4.78, 5) is 2.72. The van der Waals surface area contributed by atoms with Crippen LogP contribution in [0, 0.1) is 0 Å². The highest BCUT2D eigenvalue weighted by atomic mass is 32.2. The molecule has 6 heteroatoms. The van der Waals surface area contributed by atoms with Crippen molar-refractivity contribution in [2.45, 2.75) is 30.8 Å². The normalized spacial score (nSPS) is 24.8. The maximum atomic E-state index is 13.0. The lowest BCUT2D eigenvalue weighted by atomic mass is 10.0. The molecule has 0 spiro atoms. The molecule has 0 bridgehead atoms. The van der Waals surface area contributed by atoms with Gasteiger partial charge in [0.05, 0.1) is 4.90 Å². The number of nitrogens with one attached hydrogen (secondary N) is 1. The van der Waals surface area contributed by atoms with Crippen molar-refractivity contribution < 1.29 is 8.42 Å². The molecular formula is C15H23N3O2S. The summed E-state index contributed by atoms with van der Waals surface area (Å²) in [6.07, 6.45) is 0.786. The van der Waals surface area contributed by atoms with Crippen LogP contribution in [0.3, 0.4) is 0 Å². The molecule has 0 saturated carbocycles. The van der Waals surface area contributed by atoms with E-state index in [2.05, 4.69) is 17.1 Å². The second-order valence-electron chi connectivity index (χ2n) is 6.01. The van der Waals surface area contributed by atoms with Crippen molar-refractivity contribution in [1.82, 2.24) is 14.5 Å². The minimum atomic E-state index is -3.38. The molecule has 1 unspecified atom stereocenters. The van der Waals surface area contributed by atoms with Gasteiger partial charge in [0.1, 0.15) is 0 Å². The molecule has 1 atom stereocenters. The summed E-state index contributed by atoms with van der Waals surface area (Å²) in [6, 6.07) is 5.91. The molecule has 2 heterocycles. The Bertz CT molecular complexity index is 630. The number of hydrogen-bond acceptors (Lipinski definition) is 4. The van der Waals surface area contributed by atoms with E-state index in [1.807, 2.05) is 19.2 Å². The molecule has 1 N–H and O–H groups in total. The van der Waals surface area contributed by atoms with E-state index in [1.54, 1.807) is 10.4 Å². The SMILES string of the molecule is CC1CN(S(=O)(=O)c2cccc3c2CCNC3)CCN1C. The fourth-order valence-corrected chi connectivity index (χ4v) is 4.92. The molecule has 3 rings (SSSR count). The smallest absolute Gasteiger partial charge is 0.243 e. The highest BCUT2D eigenvalue weighted by molar-refractivity contribution is 7.89. The van der Waals surface area contributed by atoms with Gasteiger partial charge >= 0.3 is 0 Å². The largest absolute Gasteiger partial charge is 0.312 e. The van der Waals surface area contributed by atoms with Crippen molar-refractivity contribution in [2.24, 2.45) is 0 Å². The van der Waals surface area contributed by atoms with Crippen LogP contribution < -0.4 is 5.32 Å². The monoisotopic (exact) mass is 309 g/mol. The van der Waals surface area contributed by atoms with Crippen LogP contribution >= 0.6 is 0 Å². The zero-order valence-electron chi connectivity index (χ0n) is 12.7. The third kappa shape index (κ3) is 2.73. The Labute approximate surface area is 127 Å². The Morgan fingerprint density at radius 1 is 1.29 bits per heavy atom. The number of fused-ring (bicyclic) bond motifs is 1. The summed E-state index contributed by atoms with van der Waals surface area (Å²) >= 11 is 0. The molecule has 1 fully saturated rings. The van der Waals surface area contributed by atoms with Crippen LogP contribution in [0.2, 0.25) is 0 Å². The number of likely N-dealkylation sites (N-methyl/N-ethyl adjacent to an activating group) is 1. The van der Waals surface area contributed by atoms with Crippen LogP contribution in [0.25, 0.3) is 0 Å². The summed E-state index contributed by atoms with van der Waals surface area (Å²) in [5.41, 5.74) is 2.12. The highest BCUT2D eigenvalue weighted by Crippen LogP contribution is 2.27. The molecule has 5 nitrogen and oxygen atoms in total. The van der Waals surface area contributed by atoms with Gasteiger partial charge in [-0.25, -0.2) is 8.42 Å². The minimum Gasteiger partial charge on any atom is -0.312 e. The van der Waals surface area contributed by atoms with Gasteiger partial charge in [0, 0.05) is 32.2 Å². The first kappa shape index (κ1) is 15.0. The van der Waals surface area contributed by atoms with Crippen LogP contribution in [-0.2, 0) is 23.0 Å². The van der Waals surface area contributed by atoms with Gasteiger partial charge in [-0.1, -0.05) is 12.1 Å². The number of hydrogen-bond donors (Lipinski definition) is 1. The number of nitrogens with zero attached hydrogens (tertiary/aromatic N) is 2. The molecule has 2 aliphatic rings. The number of rotatable bonds is 2. The summed E-state index contributed by atoms with van der Waals surface area (Å²) in [5, 5.41) is 3.30. The van der Waals surface area contributed by atoms with Gasteiger partial charge in [0.15, 0.2) is 0 Å². The molecule has 1 aromatic rings. The lowest BCUT2D eigenvalue weighted by Crippen LogP contribution is -2.52. The van der Waals surface area contributed by atoms with Crippen LogP contribution in [0.1, 0.15) is 18.1 Å². The van der Waals surface area contributed by atoms with Gasteiger partial charge in [-0.15, -0.1) is 0 Å².